The van der Waals surface area contributed by atoms with E-state index in [1.807, 2.05) is 30.3 Å². The summed E-state index contributed by atoms with van der Waals surface area (Å²) in [6.45, 7) is 4.10. The molecule has 0 fully saturated rings. The van der Waals surface area contributed by atoms with Crippen molar-refractivity contribution in [3.8, 4) is 0 Å². The van der Waals surface area contributed by atoms with Crippen LogP contribution in [0.1, 0.15) is 42.2 Å². The molecule has 2 aromatic carbocycles. The molecule has 2 rings (SSSR count). The lowest BCUT2D eigenvalue weighted by atomic mass is 9.98. The van der Waals surface area contributed by atoms with Gasteiger partial charge >= 0.3 is 5.97 Å². The largest absolute Gasteiger partial charge is 0.465 e. The Labute approximate surface area is 149 Å². The van der Waals surface area contributed by atoms with Crippen LogP contribution in [0.15, 0.2) is 59.5 Å². The maximum absolute atomic E-state index is 12.7. The van der Waals surface area contributed by atoms with Gasteiger partial charge in [0.15, 0.2) is 0 Å². The quantitative estimate of drug-likeness (QED) is 0.766. The molecule has 0 spiro atoms. The van der Waals surface area contributed by atoms with Crippen LogP contribution in [0.3, 0.4) is 0 Å². The Kier molecular flexibility index (Phi) is 6.33. The summed E-state index contributed by atoms with van der Waals surface area (Å²) >= 11 is 0. The lowest BCUT2D eigenvalue weighted by Crippen LogP contribution is -2.29. The molecule has 0 aliphatic carbocycles. The highest BCUT2D eigenvalue weighted by Gasteiger charge is 2.22. The van der Waals surface area contributed by atoms with Gasteiger partial charge in [-0.15, -0.1) is 0 Å². The van der Waals surface area contributed by atoms with Gasteiger partial charge in [0.1, 0.15) is 0 Å². The number of nitrogens with one attached hydrogen (secondary N) is 1. The number of carbonyl (C=O) groups is 1. The summed E-state index contributed by atoms with van der Waals surface area (Å²) in [5, 5.41) is 0. The summed E-state index contributed by atoms with van der Waals surface area (Å²) in [6, 6.07) is 14.9. The van der Waals surface area contributed by atoms with Crippen molar-refractivity contribution in [2.75, 3.05) is 7.11 Å². The van der Waals surface area contributed by atoms with Crippen LogP contribution in [0.25, 0.3) is 0 Å². The molecule has 0 amide bonds. The van der Waals surface area contributed by atoms with E-state index in [1.54, 1.807) is 0 Å². The molecular formula is C19H23NO4S. The number of esters is 1. The molecule has 0 saturated heterocycles. The Morgan fingerprint density at radius 3 is 2.16 bits per heavy atom. The molecule has 0 aliphatic heterocycles. The number of ether oxygens (including phenoxy) is 1. The van der Waals surface area contributed by atoms with Crippen LogP contribution >= 0.6 is 0 Å². The summed E-state index contributed by atoms with van der Waals surface area (Å²) in [6.07, 6.45) is 0.684. The fourth-order valence-corrected chi connectivity index (χ4v) is 3.79. The summed E-state index contributed by atoms with van der Waals surface area (Å²) < 4.78 is 32.8. The maximum Gasteiger partial charge on any atom is 0.337 e. The van der Waals surface area contributed by atoms with E-state index in [4.69, 9.17) is 0 Å². The Hall–Kier alpha value is -2.18. The smallest absolute Gasteiger partial charge is 0.337 e. The van der Waals surface area contributed by atoms with Crippen molar-refractivity contribution in [1.29, 1.82) is 0 Å². The van der Waals surface area contributed by atoms with E-state index in [0.717, 1.165) is 5.56 Å². The highest BCUT2D eigenvalue weighted by atomic mass is 32.2. The minimum Gasteiger partial charge on any atom is -0.465 e. The Balaban J connectivity index is 2.26. The minimum atomic E-state index is -3.70. The number of sulfonamides is 1. The van der Waals surface area contributed by atoms with E-state index in [9.17, 15) is 13.2 Å². The molecular weight excluding hydrogens is 338 g/mol. The highest BCUT2D eigenvalue weighted by molar-refractivity contribution is 7.89. The first-order chi connectivity index (χ1) is 11.8. The molecule has 0 aliphatic rings. The van der Waals surface area contributed by atoms with Gasteiger partial charge in [-0.25, -0.2) is 17.9 Å². The predicted octanol–water partition coefficient (Wildman–Crippen LogP) is 3.54. The molecule has 0 aromatic heterocycles. The Bertz CT molecular complexity index is 799. The van der Waals surface area contributed by atoms with Crippen LogP contribution in [0, 0.1) is 5.92 Å². The zero-order chi connectivity index (χ0) is 18.4. The Morgan fingerprint density at radius 2 is 1.64 bits per heavy atom. The van der Waals surface area contributed by atoms with Gasteiger partial charge in [-0.05, 0) is 42.2 Å². The number of hydrogen-bond donors (Lipinski definition) is 1. The standard InChI is InChI=1S/C19H23NO4S/c1-14(2)13-18(15-7-5-4-6-8-15)20-25(22,23)17-11-9-16(10-12-17)19(21)24-3/h4-12,14,18,20H,13H2,1-3H3. The van der Waals surface area contributed by atoms with Gasteiger partial charge in [-0.1, -0.05) is 44.2 Å². The van der Waals surface area contributed by atoms with Gasteiger partial charge in [-0.3, -0.25) is 0 Å². The SMILES string of the molecule is COC(=O)c1ccc(S(=O)(=O)NC(CC(C)C)c2ccccc2)cc1. The first-order valence-corrected chi connectivity index (χ1v) is 9.57. The lowest BCUT2D eigenvalue weighted by Gasteiger charge is -2.21. The van der Waals surface area contributed by atoms with E-state index in [-0.39, 0.29) is 10.9 Å². The normalized spacial score (nSPS) is 12.8. The van der Waals surface area contributed by atoms with Crippen molar-refractivity contribution in [3.63, 3.8) is 0 Å². The van der Waals surface area contributed by atoms with Gasteiger partial charge in [0.05, 0.1) is 17.6 Å². The topological polar surface area (TPSA) is 72.5 Å². The molecule has 6 heteroatoms. The van der Waals surface area contributed by atoms with Crippen molar-refractivity contribution in [1.82, 2.24) is 4.72 Å². The predicted molar refractivity (Wildman–Crippen MR) is 96.7 cm³/mol. The van der Waals surface area contributed by atoms with Gasteiger partial charge < -0.3 is 4.74 Å². The number of carbonyl (C=O) groups excluding carboxylic acids is 1. The molecule has 5 nitrogen and oxygen atoms in total. The van der Waals surface area contributed by atoms with E-state index < -0.39 is 16.0 Å². The molecule has 2 aromatic rings. The summed E-state index contributed by atoms with van der Waals surface area (Å²) in [5.74, 6) is -0.173. The van der Waals surface area contributed by atoms with Gasteiger partial charge in [0.25, 0.3) is 0 Å². The minimum absolute atomic E-state index is 0.116. The number of benzene rings is 2. The molecule has 1 atom stereocenters. The second kappa shape index (κ2) is 8.27. The maximum atomic E-state index is 12.7. The van der Waals surface area contributed by atoms with Gasteiger partial charge in [0.2, 0.25) is 10.0 Å². The van der Waals surface area contributed by atoms with Crippen LogP contribution in [-0.4, -0.2) is 21.5 Å². The average Bonchev–Trinajstić information content (AvgIpc) is 2.61. The molecule has 25 heavy (non-hydrogen) atoms. The molecule has 1 unspecified atom stereocenters. The van der Waals surface area contributed by atoms with Crippen LogP contribution < -0.4 is 4.72 Å². The number of methoxy groups -OCH3 is 1. The zero-order valence-electron chi connectivity index (χ0n) is 14.6. The van der Waals surface area contributed by atoms with Crippen LogP contribution in [-0.2, 0) is 14.8 Å². The number of hydrogen-bond acceptors (Lipinski definition) is 4. The summed E-state index contributed by atoms with van der Waals surface area (Å²) in [4.78, 5) is 11.6. The van der Waals surface area contributed by atoms with E-state index in [0.29, 0.717) is 17.9 Å². The average molecular weight is 361 g/mol. The van der Waals surface area contributed by atoms with Crippen molar-refractivity contribution >= 4 is 16.0 Å². The van der Waals surface area contributed by atoms with E-state index in [2.05, 4.69) is 23.3 Å². The highest BCUT2D eigenvalue weighted by Crippen LogP contribution is 2.24. The molecule has 0 heterocycles. The first kappa shape index (κ1) is 19.1. The van der Waals surface area contributed by atoms with E-state index in [1.165, 1.54) is 31.4 Å². The van der Waals surface area contributed by atoms with Crippen molar-refractivity contribution in [3.05, 3.63) is 65.7 Å². The summed E-state index contributed by atoms with van der Waals surface area (Å²) in [7, 11) is -2.42. The third-order valence-corrected chi connectivity index (χ3v) is 5.28. The van der Waals surface area contributed by atoms with Crippen LogP contribution in [0.5, 0.6) is 0 Å². The van der Waals surface area contributed by atoms with Crippen molar-refractivity contribution < 1.29 is 17.9 Å². The first-order valence-electron chi connectivity index (χ1n) is 8.09. The monoisotopic (exact) mass is 361 g/mol. The Morgan fingerprint density at radius 1 is 1.04 bits per heavy atom. The molecule has 134 valence electrons. The van der Waals surface area contributed by atoms with Gasteiger partial charge in [-0.2, -0.15) is 0 Å². The second-order valence-corrected chi connectivity index (χ2v) is 7.94. The third-order valence-electron chi connectivity index (χ3n) is 3.79. The molecule has 0 bridgehead atoms. The van der Waals surface area contributed by atoms with Crippen LogP contribution in [0.2, 0.25) is 0 Å². The van der Waals surface area contributed by atoms with Crippen molar-refractivity contribution in [2.45, 2.75) is 31.2 Å². The second-order valence-electron chi connectivity index (χ2n) is 6.23. The fraction of sp³-hybridized carbons (Fsp3) is 0.316. The van der Waals surface area contributed by atoms with Crippen molar-refractivity contribution in [2.24, 2.45) is 5.92 Å². The van der Waals surface area contributed by atoms with E-state index >= 15 is 0 Å². The third kappa shape index (κ3) is 5.14. The lowest BCUT2D eigenvalue weighted by molar-refractivity contribution is 0.0600. The molecule has 0 radical (unpaired) electrons. The molecule has 0 saturated carbocycles. The van der Waals surface area contributed by atoms with Crippen LogP contribution in [0.4, 0.5) is 0 Å². The van der Waals surface area contributed by atoms with Gasteiger partial charge in [0, 0.05) is 6.04 Å². The zero-order valence-corrected chi connectivity index (χ0v) is 15.4. The molecule has 1 N–H and O–H groups in total. The fourth-order valence-electron chi connectivity index (χ4n) is 2.55. The summed E-state index contributed by atoms with van der Waals surface area (Å²) in [5.41, 5.74) is 1.23. The number of rotatable bonds is 7.